The molecule has 2 unspecified atom stereocenters. The second-order valence-electron chi connectivity index (χ2n) is 6.50. The fraction of sp³-hybridized carbons (Fsp3) is 0.529. The summed E-state index contributed by atoms with van der Waals surface area (Å²) < 4.78 is 5.48. The van der Waals surface area contributed by atoms with E-state index in [1.54, 1.807) is 0 Å². The molecule has 1 fully saturated rings. The second kappa shape index (κ2) is 4.95. The summed E-state index contributed by atoms with van der Waals surface area (Å²) in [6, 6.07) is 6.54. The Labute approximate surface area is 124 Å². The molecular weight excluding hydrogens is 262 g/mol. The SMILES string of the molecule is CC(c1noc(-c2ccc3c(c2)CCCC3N)n1)C1CC1. The number of fused-ring (bicyclic) bond motifs is 1. The third-order valence-corrected chi connectivity index (χ3v) is 4.93. The number of benzene rings is 1. The molecule has 1 heterocycles. The smallest absolute Gasteiger partial charge is 0.257 e. The molecule has 4 heteroatoms. The minimum Gasteiger partial charge on any atom is -0.334 e. The number of hydrogen-bond donors (Lipinski definition) is 1. The maximum Gasteiger partial charge on any atom is 0.257 e. The van der Waals surface area contributed by atoms with E-state index in [0.717, 1.165) is 36.6 Å². The van der Waals surface area contributed by atoms with Gasteiger partial charge in [0.15, 0.2) is 5.82 Å². The molecule has 21 heavy (non-hydrogen) atoms. The molecule has 0 aliphatic heterocycles. The number of hydrogen-bond acceptors (Lipinski definition) is 4. The van der Waals surface area contributed by atoms with E-state index >= 15 is 0 Å². The molecule has 0 bridgehead atoms. The summed E-state index contributed by atoms with van der Waals surface area (Å²) >= 11 is 0. The van der Waals surface area contributed by atoms with Crippen molar-refractivity contribution in [1.29, 1.82) is 0 Å². The number of rotatable bonds is 3. The molecule has 110 valence electrons. The molecule has 2 atom stereocenters. The van der Waals surface area contributed by atoms with Crippen molar-refractivity contribution < 1.29 is 4.52 Å². The van der Waals surface area contributed by atoms with Gasteiger partial charge in [0.1, 0.15) is 0 Å². The highest BCUT2D eigenvalue weighted by Crippen LogP contribution is 2.41. The van der Waals surface area contributed by atoms with E-state index in [1.165, 1.54) is 24.0 Å². The number of nitrogens with zero attached hydrogens (tertiary/aromatic N) is 2. The third-order valence-electron chi connectivity index (χ3n) is 4.93. The van der Waals surface area contributed by atoms with Crippen LogP contribution in [0.4, 0.5) is 0 Å². The van der Waals surface area contributed by atoms with Gasteiger partial charge in [0, 0.05) is 17.5 Å². The van der Waals surface area contributed by atoms with Crippen molar-refractivity contribution >= 4 is 0 Å². The standard InChI is InChI=1S/C17H21N3O/c1-10(11-5-6-11)16-19-17(21-20-16)13-7-8-14-12(9-13)3-2-4-15(14)18/h7-11,15H,2-6,18H2,1H3. The lowest BCUT2D eigenvalue weighted by Gasteiger charge is -2.22. The Morgan fingerprint density at radius 3 is 2.95 bits per heavy atom. The summed E-state index contributed by atoms with van der Waals surface area (Å²) in [6.07, 6.45) is 5.92. The minimum atomic E-state index is 0.177. The van der Waals surface area contributed by atoms with Crippen molar-refractivity contribution in [2.24, 2.45) is 11.7 Å². The first-order valence-electron chi connectivity index (χ1n) is 7.95. The average Bonchev–Trinajstić information content (AvgIpc) is 3.23. The number of aromatic nitrogens is 2. The number of aryl methyl sites for hydroxylation is 1. The Balaban J connectivity index is 1.64. The molecular formula is C17H21N3O. The van der Waals surface area contributed by atoms with Gasteiger partial charge in [0.2, 0.25) is 0 Å². The number of nitrogens with two attached hydrogens (primary N) is 1. The van der Waals surface area contributed by atoms with E-state index in [9.17, 15) is 0 Å². The summed E-state index contributed by atoms with van der Waals surface area (Å²) in [7, 11) is 0. The highest BCUT2D eigenvalue weighted by atomic mass is 16.5. The summed E-state index contributed by atoms with van der Waals surface area (Å²) in [5.74, 6) is 2.65. The Morgan fingerprint density at radius 2 is 2.14 bits per heavy atom. The second-order valence-corrected chi connectivity index (χ2v) is 6.50. The molecule has 2 aliphatic carbocycles. The highest BCUT2D eigenvalue weighted by Gasteiger charge is 2.32. The predicted molar refractivity (Wildman–Crippen MR) is 80.7 cm³/mol. The van der Waals surface area contributed by atoms with Crippen LogP contribution in [0.3, 0.4) is 0 Å². The van der Waals surface area contributed by atoms with Crippen molar-refractivity contribution in [2.75, 3.05) is 0 Å². The van der Waals surface area contributed by atoms with Gasteiger partial charge in [-0.05, 0) is 61.3 Å². The molecule has 2 aliphatic rings. The van der Waals surface area contributed by atoms with Gasteiger partial charge in [-0.2, -0.15) is 4.98 Å². The van der Waals surface area contributed by atoms with E-state index in [-0.39, 0.29) is 6.04 Å². The monoisotopic (exact) mass is 283 g/mol. The summed E-state index contributed by atoms with van der Waals surface area (Å²) in [5.41, 5.74) is 9.79. The molecule has 4 nitrogen and oxygen atoms in total. The topological polar surface area (TPSA) is 64.9 Å². The molecule has 1 aromatic heterocycles. The van der Waals surface area contributed by atoms with Gasteiger partial charge in [-0.1, -0.05) is 18.1 Å². The van der Waals surface area contributed by atoms with Gasteiger partial charge in [-0.25, -0.2) is 0 Å². The molecule has 0 spiro atoms. The van der Waals surface area contributed by atoms with Crippen molar-refractivity contribution in [3.05, 3.63) is 35.2 Å². The lowest BCUT2D eigenvalue weighted by molar-refractivity contribution is 0.413. The largest absolute Gasteiger partial charge is 0.334 e. The zero-order chi connectivity index (χ0) is 14.4. The van der Waals surface area contributed by atoms with Crippen LogP contribution in [0.1, 0.15) is 61.5 Å². The Morgan fingerprint density at radius 1 is 1.29 bits per heavy atom. The van der Waals surface area contributed by atoms with E-state index < -0.39 is 0 Å². The predicted octanol–water partition coefficient (Wildman–Crippen LogP) is 3.59. The Bertz CT molecular complexity index is 660. The first-order valence-corrected chi connectivity index (χ1v) is 7.95. The van der Waals surface area contributed by atoms with E-state index in [4.69, 9.17) is 10.3 Å². The molecule has 0 saturated heterocycles. The van der Waals surface area contributed by atoms with Crippen LogP contribution in [0.5, 0.6) is 0 Å². The lowest BCUT2D eigenvalue weighted by atomic mass is 9.87. The lowest BCUT2D eigenvalue weighted by Crippen LogP contribution is -2.17. The van der Waals surface area contributed by atoms with Crippen LogP contribution < -0.4 is 5.73 Å². The molecule has 1 aromatic carbocycles. The van der Waals surface area contributed by atoms with Crippen LogP contribution in [0.2, 0.25) is 0 Å². The van der Waals surface area contributed by atoms with Gasteiger partial charge in [0.05, 0.1) is 0 Å². The van der Waals surface area contributed by atoms with Gasteiger partial charge >= 0.3 is 0 Å². The Hall–Kier alpha value is -1.68. The van der Waals surface area contributed by atoms with Gasteiger partial charge < -0.3 is 10.3 Å². The van der Waals surface area contributed by atoms with Crippen LogP contribution in [0.25, 0.3) is 11.5 Å². The van der Waals surface area contributed by atoms with Gasteiger partial charge in [-0.3, -0.25) is 0 Å². The zero-order valence-corrected chi connectivity index (χ0v) is 12.4. The van der Waals surface area contributed by atoms with Crippen LogP contribution >= 0.6 is 0 Å². The van der Waals surface area contributed by atoms with Crippen molar-refractivity contribution in [3.63, 3.8) is 0 Å². The fourth-order valence-electron chi connectivity index (χ4n) is 3.33. The molecule has 1 saturated carbocycles. The van der Waals surface area contributed by atoms with Crippen LogP contribution in [0, 0.1) is 5.92 Å². The quantitative estimate of drug-likeness (QED) is 0.935. The molecule has 4 rings (SSSR count). The van der Waals surface area contributed by atoms with Crippen LogP contribution in [0.15, 0.2) is 22.7 Å². The highest BCUT2D eigenvalue weighted by molar-refractivity contribution is 5.56. The van der Waals surface area contributed by atoms with Crippen molar-refractivity contribution in [3.8, 4) is 11.5 Å². The minimum absolute atomic E-state index is 0.177. The maximum absolute atomic E-state index is 6.17. The maximum atomic E-state index is 6.17. The fourth-order valence-corrected chi connectivity index (χ4v) is 3.33. The average molecular weight is 283 g/mol. The van der Waals surface area contributed by atoms with Crippen molar-refractivity contribution in [2.45, 2.75) is 51.0 Å². The van der Waals surface area contributed by atoms with E-state index in [2.05, 4.69) is 35.3 Å². The van der Waals surface area contributed by atoms with Gasteiger partial charge in [0.25, 0.3) is 5.89 Å². The van der Waals surface area contributed by atoms with Crippen LogP contribution in [-0.2, 0) is 6.42 Å². The normalized spacial score (nSPS) is 22.9. The van der Waals surface area contributed by atoms with E-state index in [0.29, 0.717) is 11.8 Å². The van der Waals surface area contributed by atoms with Crippen molar-refractivity contribution in [1.82, 2.24) is 10.1 Å². The summed E-state index contributed by atoms with van der Waals surface area (Å²) in [6.45, 7) is 2.19. The first-order chi connectivity index (χ1) is 10.2. The van der Waals surface area contributed by atoms with E-state index in [1.807, 2.05) is 0 Å². The summed E-state index contributed by atoms with van der Waals surface area (Å²) in [5, 5.41) is 4.17. The Kier molecular flexibility index (Phi) is 3.07. The molecule has 0 radical (unpaired) electrons. The molecule has 0 amide bonds. The van der Waals surface area contributed by atoms with Crippen LogP contribution in [-0.4, -0.2) is 10.1 Å². The first kappa shape index (κ1) is 13.0. The third kappa shape index (κ3) is 2.38. The molecule has 2 N–H and O–H groups in total. The summed E-state index contributed by atoms with van der Waals surface area (Å²) in [4.78, 5) is 4.60. The van der Waals surface area contributed by atoms with Gasteiger partial charge in [-0.15, -0.1) is 0 Å². The zero-order valence-electron chi connectivity index (χ0n) is 12.4. The molecule has 2 aromatic rings.